The van der Waals surface area contributed by atoms with Crippen LogP contribution in [0.15, 0.2) is 0 Å². The average Bonchev–Trinajstić information content (AvgIpc) is 2.63. The molecule has 0 amide bonds. The molecular weight excluding hydrogens is 374 g/mol. The van der Waals surface area contributed by atoms with Gasteiger partial charge in [-0.3, -0.25) is 4.79 Å². The Bertz CT molecular complexity index is 436. The van der Waals surface area contributed by atoms with Gasteiger partial charge in [-0.15, -0.1) is 0 Å². The van der Waals surface area contributed by atoms with Crippen molar-refractivity contribution in [3.8, 4) is 0 Å². The highest BCUT2D eigenvalue weighted by molar-refractivity contribution is 5.69. The van der Waals surface area contributed by atoms with Gasteiger partial charge in [0.05, 0.1) is 40.3 Å². The Labute approximate surface area is 177 Å². The predicted octanol–water partition coefficient (Wildman–Crippen LogP) is 2.04. The molecule has 2 unspecified atom stereocenters. The molecule has 0 spiro atoms. The number of hydrogen-bond donors (Lipinski definition) is 1. The number of aliphatic hydroxyl groups excluding tert-OH is 1. The molecule has 0 saturated carbocycles. The predicted molar refractivity (Wildman–Crippen MR) is 111 cm³/mol. The Hall–Kier alpha value is -1.18. The number of carboxylic acid groups (broad SMARTS) is 1. The van der Waals surface area contributed by atoms with E-state index >= 15 is 0 Å². The van der Waals surface area contributed by atoms with Crippen molar-refractivity contribution in [2.75, 3.05) is 41.0 Å². The van der Waals surface area contributed by atoms with Crippen LogP contribution in [0, 0.1) is 0 Å². The number of quaternary nitrogens is 1. The number of nitrogens with zero attached hydrogens (tertiary/aromatic N) is 1. The minimum atomic E-state index is -1.12. The fourth-order valence-electron chi connectivity index (χ4n) is 3.13. The van der Waals surface area contributed by atoms with Crippen LogP contribution in [0.1, 0.15) is 77.6 Å². The highest BCUT2D eigenvalue weighted by Gasteiger charge is 2.24. The number of carbonyl (C=O) groups is 2. The van der Waals surface area contributed by atoms with Crippen molar-refractivity contribution in [2.45, 2.75) is 89.7 Å². The fraction of sp³-hybridized carbons (Fsp3) is 0.909. The second-order valence-corrected chi connectivity index (χ2v) is 8.73. The largest absolute Gasteiger partial charge is 0.544 e. The second-order valence-electron chi connectivity index (χ2n) is 8.73. The monoisotopic (exact) mass is 417 g/mol. The van der Waals surface area contributed by atoms with Crippen LogP contribution < -0.4 is 5.11 Å². The van der Waals surface area contributed by atoms with Crippen molar-refractivity contribution < 1.29 is 33.8 Å². The van der Waals surface area contributed by atoms with Crippen LogP contribution in [0.25, 0.3) is 0 Å². The van der Waals surface area contributed by atoms with Gasteiger partial charge >= 0.3 is 5.97 Å². The van der Waals surface area contributed by atoms with Crippen molar-refractivity contribution in [3.05, 3.63) is 0 Å². The molecule has 172 valence electrons. The quantitative estimate of drug-likeness (QED) is 0.196. The van der Waals surface area contributed by atoms with Crippen LogP contribution in [0.4, 0.5) is 0 Å². The summed E-state index contributed by atoms with van der Waals surface area (Å²) in [6.45, 7) is 2.31. The first-order valence-electron chi connectivity index (χ1n) is 11.1. The Kier molecular flexibility index (Phi) is 15.9. The van der Waals surface area contributed by atoms with E-state index in [2.05, 4.69) is 6.92 Å². The highest BCUT2D eigenvalue weighted by Crippen LogP contribution is 2.11. The summed E-state index contributed by atoms with van der Waals surface area (Å²) in [5.41, 5.74) is 0. The third-order valence-electron chi connectivity index (χ3n) is 4.97. The molecule has 0 rings (SSSR count). The summed E-state index contributed by atoms with van der Waals surface area (Å²) in [4.78, 5) is 22.9. The lowest BCUT2D eigenvalue weighted by Crippen LogP contribution is -2.55. The van der Waals surface area contributed by atoms with Crippen molar-refractivity contribution in [3.63, 3.8) is 0 Å². The molecule has 0 fully saturated rings. The number of likely N-dealkylation sites (N-methyl/N-ethyl adjacent to an activating group) is 1. The number of unbranched alkanes of at least 4 members (excludes halogenated alkanes) is 8. The maximum Gasteiger partial charge on any atom is 0.305 e. The van der Waals surface area contributed by atoms with Gasteiger partial charge in [0.15, 0.2) is 0 Å². The van der Waals surface area contributed by atoms with E-state index in [9.17, 15) is 19.8 Å². The standard InChI is InChI=1S/C22H43NO6/c1-5-6-7-8-9-10-11-12-13-14-21(25)29-18-19(24)17-28-16-15-20(22(26)27)23(2,3)4/h19-20,24H,5-18H2,1-4H3. The zero-order valence-electron chi connectivity index (χ0n) is 19.0. The van der Waals surface area contributed by atoms with E-state index in [0.717, 1.165) is 19.3 Å². The summed E-state index contributed by atoms with van der Waals surface area (Å²) in [6.07, 6.45) is 10.5. The molecule has 0 saturated heterocycles. The Balaban J connectivity index is 3.65. The molecule has 0 bridgehead atoms. The zero-order valence-corrected chi connectivity index (χ0v) is 19.0. The first-order valence-corrected chi connectivity index (χ1v) is 11.1. The van der Waals surface area contributed by atoms with Gasteiger partial charge < -0.3 is 29.0 Å². The summed E-state index contributed by atoms with van der Waals surface area (Å²) in [7, 11) is 5.34. The molecule has 0 aliphatic carbocycles. The number of rotatable bonds is 19. The van der Waals surface area contributed by atoms with Crippen LogP contribution in [-0.4, -0.2) is 74.6 Å². The van der Waals surface area contributed by atoms with Crippen LogP contribution in [0.5, 0.6) is 0 Å². The first kappa shape index (κ1) is 27.8. The van der Waals surface area contributed by atoms with Gasteiger partial charge in [-0.2, -0.15) is 0 Å². The molecule has 0 radical (unpaired) electrons. The third kappa shape index (κ3) is 16.3. The van der Waals surface area contributed by atoms with Crippen LogP contribution in [0.2, 0.25) is 0 Å². The normalized spacial score (nSPS) is 13.8. The SMILES string of the molecule is CCCCCCCCCCCC(=O)OCC(O)COCCC(C(=O)[O-])[N+](C)(C)C. The number of hydrogen-bond acceptors (Lipinski definition) is 6. The van der Waals surface area contributed by atoms with Gasteiger partial charge in [0.25, 0.3) is 0 Å². The maximum absolute atomic E-state index is 11.7. The van der Waals surface area contributed by atoms with E-state index in [1.54, 1.807) is 21.1 Å². The molecule has 0 aromatic carbocycles. The van der Waals surface area contributed by atoms with Gasteiger partial charge in [-0.1, -0.05) is 58.3 Å². The topological polar surface area (TPSA) is 95.9 Å². The van der Waals surface area contributed by atoms with E-state index in [4.69, 9.17) is 9.47 Å². The second kappa shape index (κ2) is 16.6. The number of esters is 1. The van der Waals surface area contributed by atoms with Crippen LogP contribution >= 0.6 is 0 Å². The number of aliphatic carboxylic acids is 1. The van der Waals surface area contributed by atoms with E-state index in [1.165, 1.54) is 38.5 Å². The average molecular weight is 418 g/mol. The molecule has 0 aromatic rings. The number of carboxylic acids is 1. The first-order chi connectivity index (χ1) is 13.7. The Morgan fingerprint density at radius 3 is 2.00 bits per heavy atom. The van der Waals surface area contributed by atoms with Gasteiger partial charge in [0, 0.05) is 12.8 Å². The lowest BCUT2D eigenvalue weighted by atomic mass is 10.1. The lowest BCUT2D eigenvalue weighted by Gasteiger charge is -2.34. The summed E-state index contributed by atoms with van der Waals surface area (Å²) < 4.78 is 10.6. The molecule has 7 nitrogen and oxygen atoms in total. The molecule has 1 N–H and O–H groups in total. The number of aliphatic hydroxyl groups is 1. The van der Waals surface area contributed by atoms with Crippen LogP contribution in [-0.2, 0) is 19.1 Å². The third-order valence-corrected chi connectivity index (χ3v) is 4.97. The smallest absolute Gasteiger partial charge is 0.305 e. The van der Waals surface area contributed by atoms with E-state index in [0.29, 0.717) is 6.42 Å². The van der Waals surface area contributed by atoms with E-state index in [1.807, 2.05) is 0 Å². The summed E-state index contributed by atoms with van der Waals surface area (Å²) in [6, 6.07) is -0.679. The molecule has 0 aliphatic heterocycles. The summed E-state index contributed by atoms with van der Waals surface area (Å²) >= 11 is 0. The van der Waals surface area contributed by atoms with Crippen LogP contribution in [0.3, 0.4) is 0 Å². The lowest BCUT2D eigenvalue weighted by molar-refractivity contribution is -0.889. The Morgan fingerprint density at radius 2 is 1.48 bits per heavy atom. The highest BCUT2D eigenvalue weighted by atomic mass is 16.5. The van der Waals surface area contributed by atoms with Gasteiger partial charge in [-0.05, 0) is 6.42 Å². The minimum absolute atomic E-state index is 0.00220. The van der Waals surface area contributed by atoms with Gasteiger partial charge in [0.1, 0.15) is 18.8 Å². The van der Waals surface area contributed by atoms with E-state index < -0.39 is 18.1 Å². The zero-order chi connectivity index (χ0) is 22.1. The Morgan fingerprint density at radius 1 is 0.931 bits per heavy atom. The minimum Gasteiger partial charge on any atom is -0.544 e. The summed E-state index contributed by atoms with van der Waals surface area (Å²) in [5, 5.41) is 21.0. The molecule has 0 aliphatic rings. The molecule has 7 heteroatoms. The van der Waals surface area contributed by atoms with E-state index in [-0.39, 0.29) is 36.7 Å². The van der Waals surface area contributed by atoms with Crippen molar-refractivity contribution in [1.29, 1.82) is 0 Å². The molecule has 29 heavy (non-hydrogen) atoms. The number of carbonyl (C=O) groups excluding carboxylic acids is 2. The van der Waals surface area contributed by atoms with Crippen molar-refractivity contribution in [1.82, 2.24) is 0 Å². The summed E-state index contributed by atoms with van der Waals surface area (Å²) in [5.74, 6) is -1.42. The van der Waals surface area contributed by atoms with Crippen molar-refractivity contribution in [2.24, 2.45) is 0 Å². The van der Waals surface area contributed by atoms with Crippen molar-refractivity contribution >= 4 is 11.9 Å². The number of ether oxygens (including phenoxy) is 2. The molecular formula is C22H43NO6. The van der Waals surface area contributed by atoms with Gasteiger partial charge in [0.2, 0.25) is 0 Å². The molecule has 0 aromatic heterocycles. The molecule has 0 heterocycles. The fourth-order valence-corrected chi connectivity index (χ4v) is 3.13. The molecule has 2 atom stereocenters. The maximum atomic E-state index is 11.7. The van der Waals surface area contributed by atoms with Gasteiger partial charge in [-0.25, -0.2) is 0 Å².